The maximum atomic E-state index is 8.61. The van der Waals surface area contributed by atoms with Gasteiger partial charge in [-0.2, -0.15) is 0 Å². The lowest BCUT2D eigenvalue weighted by Crippen LogP contribution is -1.84. The van der Waals surface area contributed by atoms with Crippen molar-refractivity contribution in [3.05, 3.63) is 35.4 Å². The van der Waals surface area contributed by atoms with Gasteiger partial charge >= 0.3 is 0 Å². The molecule has 0 amide bonds. The average Bonchev–Trinajstić information content (AvgIpc) is 2.26. The van der Waals surface area contributed by atoms with Gasteiger partial charge in [-0.25, -0.2) is 0 Å². The Balaban J connectivity index is 2.59. The van der Waals surface area contributed by atoms with E-state index in [9.17, 15) is 0 Å². The molecule has 0 bridgehead atoms. The number of rotatable bonds is 4. The Labute approximate surface area is 92.1 Å². The van der Waals surface area contributed by atoms with Crippen molar-refractivity contribution in [1.29, 1.82) is 0 Å². The largest absolute Gasteiger partial charge is 0.396 e. The standard InChI is InChI=1S/C14H18O/c1-2-7-13-9-6-10-14(12-13)8-4-3-5-11-15/h6,9-10,12,15H,2-3,5,7,11H2,1H3. The van der Waals surface area contributed by atoms with Gasteiger partial charge in [0.15, 0.2) is 0 Å². The molecule has 1 heteroatoms. The molecule has 0 spiro atoms. The molecule has 0 atom stereocenters. The summed E-state index contributed by atoms with van der Waals surface area (Å²) in [5.74, 6) is 6.18. The Morgan fingerprint density at radius 1 is 1.33 bits per heavy atom. The molecule has 0 radical (unpaired) electrons. The molecule has 0 aliphatic carbocycles. The predicted molar refractivity (Wildman–Crippen MR) is 63.6 cm³/mol. The van der Waals surface area contributed by atoms with Crippen LogP contribution in [-0.2, 0) is 6.42 Å². The minimum absolute atomic E-state index is 0.227. The Morgan fingerprint density at radius 2 is 2.20 bits per heavy atom. The molecule has 1 aromatic rings. The van der Waals surface area contributed by atoms with Crippen molar-refractivity contribution in [1.82, 2.24) is 0 Å². The van der Waals surface area contributed by atoms with Gasteiger partial charge in [-0.15, -0.1) is 0 Å². The van der Waals surface area contributed by atoms with Gasteiger partial charge in [0.2, 0.25) is 0 Å². The molecule has 1 aromatic carbocycles. The van der Waals surface area contributed by atoms with E-state index >= 15 is 0 Å². The summed E-state index contributed by atoms with van der Waals surface area (Å²) in [5, 5.41) is 8.61. The van der Waals surface area contributed by atoms with Crippen LogP contribution >= 0.6 is 0 Å². The second kappa shape index (κ2) is 7.09. The lowest BCUT2D eigenvalue weighted by Gasteiger charge is -1.98. The van der Waals surface area contributed by atoms with E-state index in [1.807, 2.05) is 6.07 Å². The smallest absolute Gasteiger partial charge is 0.0440 e. The summed E-state index contributed by atoms with van der Waals surface area (Å²) in [7, 11) is 0. The van der Waals surface area contributed by atoms with Crippen LogP contribution in [0.1, 0.15) is 37.3 Å². The maximum absolute atomic E-state index is 8.61. The molecule has 1 N–H and O–H groups in total. The minimum Gasteiger partial charge on any atom is -0.396 e. The fourth-order valence-corrected chi connectivity index (χ4v) is 1.43. The van der Waals surface area contributed by atoms with Crippen molar-refractivity contribution < 1.29 is 5.11 Å². The predicted octanol–water partition coefficient (Wildman–Crippen LogP) is 2.76. The van der Waals surface area contributed by atoms with E-state index in [0.717, 1.165) is 24.8 Å². The highest BCUT2D eigenvalue weighted by Gasteiger charge is 1.91. The summed E-state index contributed by atoms with van der Waals surface area (Å²) in [6.45, 7) is 2.41. The fourth-order valence-electron chi connectivity index (χ4n) is 1.43. The molecular weight excluding hydrogens is 184 g/mol. The Hall–Kier alpha value is -1.26. The van der Waals surface area contributed by atoms with Crippen LogP contribution in [0, 0.1) is 11.8 Å². The number of aliphatic hydroxyl groups is 1. The first-order valence-electron chi connectivity index (χ1n) is 5.55. The molecule has 0 aliphatic rings. The minimum atomic E-state index is 0.227. The number of benzene rings is 1. The van der Waals surface area contributed by atoms with Gasteiger partial charge in [0.1, 0.15) is 0 Å². The summed E-state index contributed by atoms with van der Waals surface area (Å²) >= 11 is 0. The van der Waals surface area contributed by atoms with E-state index in [-0.39, 0.29) is 6.61 Å². The van der Waals surface area contributed by atoms with E-state index in [0.29, 0.717) is 0 Å². The molecule has 0 unspecified atom stereocenters. The molecule has 0 saturated heterocycles. The maximum Gasteiger partial charge on any atom is 0.0440 e. The van der Waals surface area contributed by atoms with Gasteiger partial charge in [-0.1, -0.05) is 37.3 Å². The first-order chi connectivity index (χ1) is 7.36. The molecule has 0 aromatic heterocycles. The Morgan fingerprint density at radius 3 is 2.93 bits per heavy atom. The number of aryl methyl sites for hydroxylation is 1. The van der Waals surface area contributed by atoms with Crippen LogP contribution in [0.25, 0.3) is 0 Å². The van der Waals surface area contributed by atoms with Crippen LogP contribution < -0.4 is 0 Å². The molecule has 0 heterocycles. The van der Waals surface area contributed by atoms with Crippen molar-refractivity contribution >= 4 is 0 Å². The number of aliphatic hydroxyl groups excluding tert-OH is 1. The van der Waals surface area contributed by atoms with Crippen molar-refractivity contribution in [3.63, 3.8) is 0 Å². The average molecular weight is 202 g/mol. The third-order valence-corrected chi connectivity index (χ3v) is 2.16. The van der Waals surface area contributed by atoms with Crippen LogP contribution in [0.15, 0.2) is 24.3 Å². The second-order valence-corrected chi connectivity index (χ2v) is 3.58. The summed E-state index contributed by atoms with van der Waals surface area (Å²) in [6, 6.07) is 8.38. The molecule has 80 valence electrons. The van der Waals surface area contributed by atoms with Crippen molar-refractivity contribution in [3.8, 4) is 11.8 Å². The Kier molecular flexibility index (Phi) is 5.58. The molecule has 15 heavy (non-hydrogen) atoms. The van der Waals surface area contributed by atoms with E-state index in [1.165, 1.54) is 12.0 Å². The van der Waals surface area contributed by atoms with Crippen LogP contribution in [0.2, 0.25) is 0 Å². The van der Waals surface area contributed by atoms with E-state index in [4.69, 9.17) is 5.11 Å². The number of hydrogen-bond acceptors (Lipinski definition) is 1. The van der Waals surface area contributed by atoms with Crippen molar-refractivity contribution in [2.75, 3.05) is 6.61 Å². The van der Waals surface area contributed by atoms with Crippen LogP contribution in [-0.4, -0.2) is 11.7 Å². The van der Waals surface area contributed by atoms with Gasteiger partial charge in [0, 0.05) is 18.6 Å². The van der Waals surface area contributed by atoms with Crippen LogP contribution in [0.5, 0.6) is 0 Å². The highest BCUT2D eigenvalue weighted by atomic mass is 16.2. The molecule has 1 nitrogen and oxygen atoms in total. The lowest BCUT2D eigenvalue weighted by atomic mass is 10.1. The Bertz CT molecular complexity index is 344. The van der Waals surface area contributed by atoms with E-state index in [2.05, 4.69) is 37.0 Å². The van der Waals surface area contributed by atoms with Crippen LogP contribution in [0.4, 0.5) is 0 Å². The zero-order valence-electron chi connectivity index (χ0n) is 9.29. The third kappa shape index (κ3) is 4.67. The SMILES string of the molecule is CCCc1cccc(C#CCCCO)c1. The van der Waals surface area contributed by atoms with Gasteiger partial charge in [-0.05, 0) is 30.5 Å². The van der Waals surface area contributed by atoms with Crippen molar-refractivity contribution in [2.24, 2.45) is 0 Å². The van der Waals surface area contributed by atoms with E-state index < -0.39 is 0 Å². The first-order valence-corrected chi connectivity index (χ1v) is 5.55. The van der Waals surface area contributed by atoms with E-state index in [1.54, 1.807) is 0 Å². The third-order valence-electron chi connectivity index (χ3n) is 2.16. The summed E-state index contributed by atoms with van der Waals surface area (Å²) < 4.78 is 0. The van der Waals surface area contributed by atoms with Gasteiger partial charge in [-0.3, -0.25) is 0 Å². The summed E-state index contributed by atoms with van der Waals surface area (Å²) in [5.41, 5.74) is 2.44. The lowest BCUT2D eigenvalue weighted by molar-refractivity contribution is 0.290. The molecule has 1 rings (SSSR count). The number of unbranched alkanes of at least 4 members (excludes halogenated alkanes) is 1. The quantitative estimate of drug-likeness (QED) is 0.588. The van der Waals surface area contributed by atoms with Gasteiger partial charge in [0.25, 0.3) is 0 Å². The topological polar surface area (TPSA) is 20.2 Å². The normalized spacial score (nSPS) is 9.47. The van der Waals surface area contributed by atoms with Gasteiger partial charge in [0.05, 0.1) is 0 Å². The zero-order valence-corrected chi connectivity index (χ0v) is 9.29. The van der Waals surface area contributed by atoms with Gasteiger partial charge < -0.3 is 5.11 Å². The molecular formula is C14H18O. The molecule has 0 saturated carbocycles. The van der Waals surface area contributed by atoms with Crippen molar-refractivity contribution in [2.45, 2.75) is 32.6 Å². The monoisotopic (exact) mass is 202 g/mol. The number of hydrogen-bond donors (Lipinski definition) is 1. The zero-order chi connectivity index (χ0) is 10.9. The highest BCUT2D eigenvalue weighted by molar-refractivity contribution is 5.37. The summed E-state index contributed by atoms with van der Waals surface area (Å²) in [6.07, 6.45) is 3.82. The summed E-state index contributed by atoms with van der Waals surface area (Å²) in [4.78, 5) is 0. The van der Waals surface area contributed by atoms with Crippen LogP contribution in [0.3, 0.4) is 0 Å². The molecule has 0 fully saturated rings. The molecule has 0 aliphatic heterocycles. The fraction of sp³-hybridized carbons (Fsp3) is 0.429. The first kappa shape index (κ1) is 11.8. The second-order valence-electron chi connectivity index (χ2n) is 3.58. The highest BCUT2D eigenvalue weighted by Crippen LogP contribution is 2.06.